The second-order valence-electron chi connectivity index (χ2n) is 10.2. The summed E-state index contributed by atoms with van der Waals surface area (Å²) >= 11 is 0. The first-order valence-corrected chi connectivity index (χ1v) is 13.4. The number of nitrogens with zero attached hydrogens (tertiary/aromatic N) is 3. The van der Waals surface area contributed by atoms with E-state index >= 15 is 0 Å². The second kappa shape index (κ2) is 11.2. The SMILES string of the molecule is C=CCN(CCN1CCOCC1)C(=O)C1N(CCCO)C(=O)[C@@H]2[C@@H](C(=O)OCC)[C@@]3(CC)CCC12O3. The van der Waals surface area contributed by atoms with Crippen LogP contribution in [0.3, 0.4) is 0 Å². The van der Waals surface area contributed by atoms with E-state index in [1.54, 1.807) is 22.8 Å². The zero-order valence-corrected chi connectivity index (χ0v) is 21.7. The number of rotatable bonds is 12. The maximum absolute atomic E-state index is 14.2. The number of amides is 2. The summed E-state index contributed by atoms with van der Waals surface area (Å²) in [6, 6.07) is -0.848. The second-order valence-corrected chi connectivity index (χ2v) is 10.2. The Morgan fingerprint density at radius 2 is 2.00 bits per heavy atom. The molecule has 36 heavy (non-hydrogen) atoms. The molecule has 4 aliphatic heterocycles. The zero-order valence-electron chi connectivity index (χ0n) is 21.7. The van der Waals surface area contributed by atoms with E-state index in [9.17, 15) is 19.5 Å². The van der Waals surface area contributed by atoms with Gasteiger partial charge in [-0.1, -0.05) is 13.0 Å². The predicted octanol–water partition coefficient (Wildman–Crippen LogP) is 0.434. The summed E-state index contributed by atoms with van der Waals surface area (Å²) in [5.41, 5.74) is -1.87. The van der Waals surface area contributed by atoms with Gasteiger partial charge in [-0.15, -0.1) is 6.58 Å². The number of esters is 1. The van der Waals surface area contributed by atoms with Gasteiger partial charge in [0, 0.05) is 45.9 Å². The minimum atomic E-state index is -1.07. The van der Waals surface area contributed by atoms with Crippen LogP contribution < -0.4 is 0 Å². The summed E-state index contributed by atoms with van der Waals surface area (Å²) in [4.78, 5) is 46.9. The first-order valence-electron chi connectivity index (χ1n) is 13.4. The van der Waals surface area contributed by atoms with Gasteiger partial charge in [-0.05, 0) is 32.6 Å². The Morgan fingerprint density at radius 1 is 1.25 bits per heavy atom. The number of likely N-dealkylation sites (tertiary alicyclic amines) is 1. The maximum atomic E-state index is 14.2. The van der Waals surface area contributed by atoms with E-state index in [1.807, 2.05) is 6.92 Å². The monoisotopic (exact) mass is 507 g/mol. The smallest absolute Gasteiger partial charge is 0.312 e. The molecule has 10 nitrogen and oxygen atoms in total. The van der Waals surface area contributed by atoms with Gasteiger partial charge in [0.15, 0.2) is 0 Å². The Kier molecular flexibility index (Phi) is 8.38. The van der Waals surface area contributed by atoms with Crippen LogP contribution in [0.4, 0.5) is 0 Å². The molecule has 1 N–H and O–H groups in total. The van der Waals surface area contributed by atoms with E-state index in [0.717, 1.165) is 13.1 Å². The summed E-state index contributed by atoms with van der Waals surface area (Å²) in [7, 11) is 0. The van der Waals surface area contributed by atoms with Crippen molar-refractivity contribution in [1.29, 1.82) is 0 Å². The minimum absolute atomic E-state index is 0.100. The third-order valence-corrected chi connectivity index (χ3v) is 8.46. The van der Waals surface area contributed by atoms with Crippen LogP contribution in [0.25, 0.3) is 0 Å². The van der Waals surface area contributed by atoms with E-state index in [1.165, 1.54) is 0 Å². The van der Waals surface area contributed by atoms with E-state index in [-0.39, 0.29) is 31.6 Å². The molecule has 0 saturated carbocycles. The standard InChI is InChI=1S/C26H41N3O7/c1-4-10-28(13-12-27-14-17-34-18-15-27)23(32)21-26-9-8-25(5-2,36-26)20(24(33)35-6-3)19(26)22(31)29(21)11-7-16-30/h4,19-21,30H,1,5-18H2,2-3H3/t19-,20-,21?,25+,26?/m0/s1. The van der Waals surface area contributed by atoms with Crippen LogP contribution in [0.1, 0.15) is 39.5 Å². The molecule has 0 radical (unpaired) electrons. The number of aliphatic hydroxyl groups excluding tert-OH is 1. The van der Waals surface area contributed by atoms with Crippen molar-refractivity contribution in [2.45, 2.75) is 56.8 Å². The lowest BCUT2D eigenvalue weighted by Gasteiger charge is -2.37. The molecule has 5 atom stereocenters. The Labute approximate surface area is 213 Å². The van der Waals surface area contributed by atoms with Crippen LogP contribution in [0.5, 0.6) is 0 Å². The predicted molar refractivity (Wildman–Crippen MR) is 131 cm³/mol. The Morgan fingerprint density at radius 3 is 2.64 bits per heavy atom. The average molecular weight is 508 g/mol. The Bertz CT molecular complexity index is 847. The van der Waals surface area contributed by atoms with Gasteiger partial charge in [0.25, 0.3) is 0 Å². The highest BCUT2D eigenvalue weighted by Gasteiger charge is 2.79. The number of morpholine rings is 1. The molecule has 4 saturated heterocycles. The molecular formula is C26H41N3O7. The molecule has 2 unspecified atom stereocenters. The van der Waals surface area contributed by atoms with Gasteiger partial charge in [0.2, 0.25) is 11.8 Å². The van der Waals surface area contributed by atoms with E-state index < -0.39 is 35.0 Å². The molecule has 1 spiro atoms. The summed E-state index contributed by atoms with van der Waals surface area (Å²) in [6.07, 6.45) is 3.74. The number of aliphatic hydroxyl groups is 1. The fourth-order valence-electron chi connectivity index (χ4n) is 6.78. The summed E-state index contributed by atoms with van der Waals surface area (Å²) < 4.78 is 17.6. The van der Waals surface area contributed by atoms with E-state index in [4.69, 9.17) is 14.2 Å². The van der Waals surface area contributed by atoms with Crippen LogP contribution in [-0.2, 0) is 28.6 Å². The topological polar surface area (TPSA) is 109 Å². The van der Waals surface area contributed by atoms with Crippen molar-refractivity contribution >= 4 is 17.8 Å². The normalized spacial score (nSPS) is 33.6. The summed E-state index contributed by atoms with van der Waals surface area (Å²) in [5, 5.41) is 9.51. The molecule has 0 aromatic carbocycles. The molecule has 2 bridgehead atoms. The van der Waals surface area contributed by atoms with Crippen molar-refractivity contribution in [2.24, 2.45) is 11.8 Å². The van der Waals surface area contributed by atoms with E-state index in [2.05, 4.69) is 11.5 Å². The van der Waals surface area contributed by atoms with Crippen LogP contribution in [0.15, 0.2) is 12.7 Å². The van der Waals surface area contributed by atoms with Gasteiger partial charge in [0.1, 0.15) is 17.6 Å². The maximum Gasteiger partial charge on any atom is 0.312 e. The highest BCUT2D eigenvalue weighted by molar-refractivity contribution is 5.98. The Hall–Kier alpha value is -2.01. The Balaban J connectivity index is 1.66. The number of carbonyl (C=O) groups is 3. The molecule has 4 rings (SSSR count). The van der Waals surface area contributed by atoms with Gasteiger partial charge < -0.3 is 29.1 Å². The molecule has 4 heterocycles. The highest BCUT2D eigenvalue weighted by atomic mass is 16.6. The van der Waals surface area contributed by atoms with Crippen LogP contribution in [0, 0.1) is 11.8 Å². The van der Waals surface area contributed by atoms with Crippen LogP contribution in [0.2, 0.25) is 0 Å². The van der Waals surface area contributed by atoms with Crippen molar-refractivity contribution in [3.05, 3.63) is 12.7 Å². The number of carbonyl (C=O) groups excluding carboxylic acids is 3. The summed E-state index contributed by atoms with van der Waals surface area (Å²) in [5.74, 6) is -2.36. The van der Waals surface area contributed by atoms with Crippen molar-refractivity contribution in [2.75, 3.05) is 65.7 Å². The minimum Gasteiger partial charge on any atom is -0.466 e. The van der Waals surface area contributed by atoms with Crippen molar-refractivity contribution in [3.8, 4) is 0 Å². The molecule has 0 aromatic rings. The number of ether oxygens (including phenoxy) is 3. The van der Waals surface area contributed by atoms with Crippen molar-refractivity contribution in [3.63, 3.8) is 0 Å². The lowest BCUT2D eigenvalue weighted by molar-refractivity contribution is -0.161. The number of hydrogen-bond donors (Lipinski definition) is 1. The fourth-order valence-corrected chi connectivity index (χ4v) is 6.78. The van der Waals surface area contributed by atoms with Gasteiger partial charge >= 0.3 is 5.97 Å². The van der Waals surface area contributed by atoms with Crippen molar-refractivity contribution in [1.82, 2.24) is 14.7 Å². The van der Waals surface area contributed by atoms with Gasteiger partial charge in [0.05, 0.1) is 31.3 Å². The lowest BCUT2D eigenvalue weighted by Crippen LogP contribution is -2.57. The van der Waals surface area contributed by atoms with Gasteiger partial charge in [-0.2, -0.15) is 0 Å². The molecule has 202 valence electrons. The van der Waals surface area contributed by atoms with Crippen LogP contribution in [-0.4, -0.2) is 121 Å². The zero-order chi connectivity index (χ0) is 25.9. The molecule has 0 aliphatic carbocycles. The first kappa shape index (κ1) is 27.0. The third kappa shape index (κ3) is 4.46. The molecule has 2 amide bonds. The fraction of sp³-hybridized carbons (Fsp3) is 0.808. The van der Waals surface area contributed by atoms with E-state index in [0.29, 0.717) is 58.5 Å². The summed E-state index contributed by atoms with van der Waals surface area (Å²) in [6.45, 7) is 12.4. The lowest BCUT2D eigenvalue weighted by atomic mass is 9.65. The molecule has 10 heteroatoms. The van der Waals surface area contributed by atoms with Crippen LogP contribution >= 0.6 is 0 Å². The average Bonchev–Trinajstić information content (AvgIpc) is 3.49. The molecular weight excluding hydrogens is 466 g/mol. The largest absolute Gasteiger partial charge is 0.466 e. The molecule has 0 aromatic heterocycles. The molecule has 4 fully saturated rings. The first-order chi connectivity index (χ1) is 17.4. The quantitative estimate of drug-likeness (QED) is 0.299. The number of fused-ring (bicyclic) bond motifs is 1. The third-order valence-electron chi connectivity index (χ3n) is 8.46. The number of hydrogen-bond acceptors (Lipinski definition) is 8. The van der Waals surface area contributed by atoms with Gasteiger partial charge in [-0.3, -0.25) is 19.3 Å². The van der Waals surface area contributed by atoms with Crippen molar-refractivity contribution < 1.29 is 33.7 Å². The van der Waals surface area contributed by atoms with Gasteiger partial charge in [-0.25, -0.2) is 0 Å². The molecule has 4 aliphatic rings. The highest BCUT2D eigenvalue weighted by Crippen LogP contribution is 2.64.